The first-order valence-electron chi connectivity index (χ1n) is 9.47. The van der Waals surface area contributed by atoms with Crippen LogP contribution in [0.2, 0.25) is 0 Å². The van der Waals surface area contributed by atoms with Crippen molar-refractivity contribution in [1.82, 2.24) is 25.9 Å². The van der Waals surface area contributed by atoms with Crippen LogP contribution in [0.1, 0.15) is 24.8 Å². The van der Waals surface area contributed by atoms with Gasteiger partial charge in [-0.2, -0.15) is 9.99 Å². The molecule has 4 rings (SSSR count). The van der Waals surface area contributed by atoms with Crippen molar-refractivity contribution in [2.45, 2.75) is 25.3 Å². The molecule has 1 saturated heterocycles. The summed E-state index contributed by atoms with van der Waals surface area (Å²) in [5, 5.41) is 7.09. The zero-order chi connectivity index (χ0) is 22.0. The van der Waals surface area contributed by atoms with E-state index in [0.29, 0.717) is 16.1 Å². The van der Waals surface area contributed by atoms with Crippen molar-refractivity contribution in [3.8, 4) is 11.4 Å². The van der Waals surface area contributed by atoms with Crippen LogP contribution in [0.5, 0.6) is 0 Å². The molecule has 0 unspecified atom stereocenters. The number of halogens is 1. The first-order valence-corrected chi connectivity index (χ1v) is 9.47. The fourth-order valence-corrected chi connectivity index (χ4v) is 3.18. The molecule has 1 atom stereocenters. The molecule has 2 aromatic carbocycles. The molecule has 0 radical (unpaired) electrons. The molecule has 158 valence electrons. The van der Waals surface area contributed by atoms with Gasteiger partial charge in [0.05, 0.1) is 0 Å². The maximum atomic E-state index is 13.0. The van der Waals surface area contributed by atoms with E-state index in [2.05, 4.69) is 20.9 Å². The number of hydrogen-bond acceptors (Lipinski definition) is 6. The van der Waals surface area contributed by atoms with Crippen molar-refractivity contribution in [3.63, 3.8) is 0 Å². The third-order valence-electron chi connectivity index (χ3n) is 4.91. The second kappa shape index (κ2) is 7.98. The van der Waals surface area contributed by atoms with Crippen molar-refractivity contribution in [3.05, 3.63) is 71.9 Å². The molecule has 10 heteroatoms. The van der Waals surface area contributed by atoms with Crippen molar-refractivity contribution < 1.29 is 23.3 Å². The van der Waals surface area contributed by atoms with E-state index in [0.717, 1.165) is 0 Å². The molecule has 0 spiro atoms. The molecule has 3 aromatic rings. The van der Waals surface area contributed by atoms with Crippen LogP contribution in [0.15, 0.2) is 59.1 Å². The van der Waals surface area contributed by atoms with E-state index in [1.807, 2.05) is 0 Å². The molecule has 2 N–H and O–H groups in total. The largest absolute Gasteiger partial charge is 0.344 e. The molecular formula is C21H18FN5O4. The maximum absolute atomic E-state index is 13.0. The quantitative estimate of drug-likeness (QED) is 0.588. The Hall–Kier alpha value is -4.08. The van der Waals surface area contributed by atoms with Crippen molar-refractivity contribution in [1.29, 1.82) is 0 Å². The van der Waals surface area contributed by atoms with Gasteiger partial charge in [-0.3, -0.25) is 15.0 Å². The lowest BCUT2D eigenvalue weighted by atomic mass is 9.92. The maximum Gasteiger partial charge on any atom is 0.344 e. The Labute approximate surface area is 176 Å². The predicted molar refractivity (Wildman–Crippen MR) is 105 cm³/mol. The van der Waals surface area contributed by atoms with E-state index in [1.54, 1.807) is 37.3 Å². The van der Waals surface area contributed by atoms with Gasteiger partial charge in [-0.05, 0) is 36.8 Å². The van der Waals surface area contributed by atoms with Crippen molar-refractivity contribution in [2.24, 2.45) is 0 Å². The SMILES string of the molecule is C[C@]1(c2ccccc2)NC(=O)N(NC(=O)CCc2nc(-c3ccc(F)cc3)no2)C1=O. The van der Waals surface area contributed by atoms with Gasteiger partial charge in [0.1, 0.15) is 11.4 Å². The first kappa shape index (κ1) is 20.2. The number of carbonyl (C=O) groups is 3. The third-order valence-corrected chi connectivity index (χ3v) is 4.91. The number of urea groups is 1. The van der Waals surface area contributed by atoms with Gasteiger partial charge < -0.3 is 9.84 Å². The lowest BCUT2D eigenvalue weighted by Gasteiger charge is -2.22. The monoisotopic (exact) mass is 423 g/mol. The molecule has 1 aromatic heterocycles. The molecule has 9 nitrogen and oxygen atoms in total. The fraction of sp³-hybridized carbons (Fsp3) is 0.190. The van der Waals surface area contributed by atoms with Crippen LogP contribution in [-0.4, -0.2) is 33.0 Å². The third kappa shape index (κ3) is 4.00. The fourth-order valence-electron chi connectivity index (χ4n) is 3.18. The number of amides is 4. The number of imide groups is 1. The highest BCUT2D eigenvalue weighted by atomic mass is 19.1. The smallest absolute Gasteiger partial charge is 0.339 e. The number of nitrogens with one attached hydrogen (secondary N) is 2. The normalized spacial score (nSPS) is 18.2. The summed E-state index contributed by atoms with van der Waals surface area (Å²) in [6.07, 6.45) is 0.00376. The average Bonchev–Trinajstić information content (AvgIpc) is 3.33. The molecule has 4 amide bonds. The van der Waals surface area contributed by atoms with Crippen LogP contribution in [0.25, 0.3) is 11.4 Å². The van der Waals surface area contributed by atoms with E-state index in [-0.39, 0.29) is 30.4 Å². The number of hydrazine groups is 1. The van der Waals surface area contributed by atoms with Gasteiger partial charge in [0.25, 0.3) is 5.91 Å². The Morgan fingerprint density at radius 3 is 2.58 bits per heavy atom. The van der Waals surface area contributed by atoms with Gasteiger partial charge in [0.15, 0.2) is 0 Å². The van der Waals surface area contributed by atoms with E-state index < -0.39 is 23.4 Å². The summed E-state index contributed by atoms with van der Waals surface area (Å²) in [5.41, 5.74) is 2.21. The summed E-state index contributed by atoms with van der Waals surface area (Å²) in [7, 11) is 0. The molecule has 1 fully saturated rings. The molecule has 1 aliphatic rings. The van der Waals surface area contributed by atoms with Gasteiger partial charge in [0, 0.05) is 18.4 Å². The number of aromatic nitrogens is 2. The average molecular weight is 423 g/mol. The first-order chi connectivity index (χ1) is 14.9. The summed E-state index contributed by atoms with van der Waals surface area (Å²) in [5.74, 6) is -1.08. The van der Waals surface area contributed by atoms with Crippen LogP contribution in [0.4, 0.5) is 9.18 Å². The predicted octanol–water partition coefficient (Wildman–Crippen LogP) is 2.31. The van der Waals surface area contributed by atoms with Crippen LogP contribution in [-0.2, 0) is 21.5 Å². The Kier molecular flexibility index (Phi) is 5.20. The van der Waals surface area contributed by atoms with Crippen molar-refractivity contribution >= 4 is 17.8 Å². The topological polar surface area (TPSA) is 117 Å². The van der Waals surface area contributed by atoms with E-state index in [1.165, 1.54) is 24.3 Å². The number of rotatable bonds is 6. The molecule has 0 saturated carbocycles. The minimum Gasteiger partial charge on any atom is -0.339 e. The van der Waals surface area contributed by atoms with Gasteiger partial charge in [-0.15, -0.1) is 0 Å². The van der Waals surface area contributed by atoms with E-state index >= 15 is 0 Å². The molecule has 0 aliphatic carbocycles. The zero-order valence-electron chi connectivity index (χ0n) is 16.5. The summed E-state index contributed by atoms with van der Waals surface area (Å²) in [6.45, 7) is 1.57. The van der Waals surface area contributed by atoms with Crippen LogP contribution < -0.4 is 10.7 Å². The molecule has 1 aliphatic heterocycles. The zero-order valence-corrected chi connectivity index (χ0v) is 16.5. The van der Waals surface area contributed by atoms with Crippen LogP contribution >= 0.6 is 0 Å². The summed E-state index contributed by atoms with van der Waals surface area (Å²) in [6, 6.07) is 13.6. The number of hydrogen-bond donors (Lipinski definition) is 2. The second-order valence-electron chi connectivity index (χ2n) is 7.12. The van der Waals surface area contributed by atoms with Gasteiger partial charge in [0.2, 0.25) is 17.6 Å². The highest BCUT2D eigenvalue weighted by molar-refractivity contribution is 6.08. The Morgan fingerprint density at radius 1 is 1.16 bits per heavy atom. The minimum atomic E-state index is -1.28. The number of aryl methyl sites for hydroxylation is 1. The second-order valence-corrected chi connectivity index (χ2v) is 7.12. The Bertz CT molecular complexity index is 1130. The van der Waals surface area contributed by atoms with E-state index in [9.17, 15) is 18.8 Å². The highest BCUT2D eigenvalue weighted by Gasteiger charge is 2.49. The lowest BCUT2D eigenvalue weighted by Crippen LogP contribution is -2.48. The standard InChI is InChI=1S/C21H18FN5O4/c1-21(14-5-3-2-4-6-14)19(29)27(20(30)24-21)25-16(28)11-12-17-23-18(26-31-17)13-7-9-15(22)10-8-13/h2-10H,11-12H2,1H3,(H,24,30)(H,25,28)/t21-/m1/s1. The summed E-state index contributed by atoms with van der Waals surface area (Å²) >= 11 is 0. The molecule has 0 bridgehead atoms. The number of carbonyl (C=O) groups excluding carboxylic acids is 3. The number of nitrogens with zero attached hydrogens (tertiary/aromatic N) is 3. The molecular weight excluding hydrogens is 405 g/mol. The Balaban J connectivity index is 1.37. The number of benzene rings is 2. The van der Waals surface area contributed by atoms with Crippen LogP contribution in [0.3, 0.4) is 0 Å². The highest BCUT2D eigenvalue weighted by Crippen LogP contribution is 2.27. The minimum absolute atomic E-state index is 0.0931. The summed E-state index contributed by atoms with van der Waals surface area (Å²) in [4.78, 5) is 41.5. The van der Waals surface area contributed by atoms with Gasteiger partial charge >= 0.3 is 6.03 Å². The molecule has 31 heavy (non-hydrogen) atoms. The lowest BCUT2D eigenvalue weighted by molar-refractivity contribution is -0.139. The van der Waals surface area contributed by atoms with Gasteiger partial charge in [-0.1, -0.05) is 35.5 Å². The van der Waals surface area contributed by atoms with Gasteiger partial charge in [-0.25, -0.2) is 9.18 Å². The van der Waals surface area contributed by atoms with E-state index in [4.69, 9.17) is 4.52 Å². The van der Waals surface area contributed by atoms with Crippen molar-refractivity contribution in [2.75, 3.05) is 0 Å². The molecule has 2 heterocycles. The Morgan fingerprint density at radius 2 is 1.87 bits per heavy atom. The summed E-state index contributed by atoms with van der Waals surface area (Å²) < 4.78 is 18.1. The van der Waals surface area contributed by atoms with Crippen LogP contribution in [0, 0.1) is 5.82 Å².